The molecule has 3 nitrogen and oxygen atoms in total. The van der Waals surface area contributed by atoms with E-state index in [0.717, 1.165) is 24.5 Å². The predicted molar refractivity (Wildman–Crippen MR) is 108 cm³/mol. The zero-order valence-electron chi connectivity index (χ0n) is 16.1. The Kier molecular flexibility index (Phi) is 9.35. The minimum Gasteiger partial charge on any atom is -0.347 e. The summed E-state index contributed by atoms with van der Waals surface area (Å²) in [5.41, 5.74) is 2.22. The highest BCUT2D eigenvalue weighted by molar-refractivity contribution is 5.58. The maximum absolute atomic E-state index is 4.88. The van der Waals surface area contributed by atoms with E-state index in [2.05, 4.69) is 48.4 Å². The van der Waals surface area contributed by atoms with E-state index < -0.39 is 0 Å². The van der Waals surface area contributed by atoms with Crippen molar-refractivity contribution in [2.24, 2.45) is 0 Å². The van der Waals surface area contributed by atoms with Crippen LogP contribution < -0.4 is 5.32 Å². The van der Waals surface area contributed by atoms with Gasteiger partial charge in [0.1, 0.15) is 5.82 Å². The third-order valence-corrected chi connectivity index (χ3v) is 4.76. The molecule has 0 radical (unpaired) electrons. The van der Waals surface area contributed by atoms with Crippen molar-refractivity contribution >= 4 is 0 Å². The minimum atomic E-state index is 0.343. The molecule has 2 aromatic rings. The summed E-state index contributed by atoms with van der Waals surface area (Å²) in [5, 5.41) is 3.74. The zero-order valence-corrected chi connectivity index (χ0v) is 16.1. The van der Waals surface area contributed by atoms with Crippen molar-refractivity contribution in [2.45, 2.75) is 77.7 Å². The molecule has 1 atom stereocenters. The van der Waals surface area contributed by atoms with Crippen LogP contribution in [0.3, 0.4) is 0 Å². The molecule has 1 aromatic heterocycles. The fraction of sp³-hybridized carbons (Fsp3) is 0.591. The molecule has 1 aromatic carbocycles. The topological polar surface area (TPSA) is 40.7 Å². The van der Waals surface area contributed by atoms with Crippen LogP contribution in [0.15, 0.2) is 36.5 Å². The van der Waals surface area contributed by atoms with Crippen molar-refractivity contribution in [3.05, 3.63) is 42.4 Å². The van der Waals surface area contributed by atoms with Gasteiger partial charge < -0.3 is 10.3 Å². The number of unbranched alkanes of at least 4 members (excludes halogenated alkanes) is 6. The Morgan fingerprint density at radius 1 is 0.920 bits per heavy atom. The molecule has 0 saturated carbocycles. The molecule has 1 unspecified atom stereocenters. The van der Waals surface area contributed by atoms with Crippen molar-refractivity contribution in [3.63, 3.8) is 0 Å². The number of nitrogens with zero attached hydrogens (tertiary/aromatic N) is 1. The van der Waals surface area contributed by atoms with Gasteiger partial charge in [-0.2, -0.15) is 0 Å². The van der Waals surface area contributed by atoms with E-state index >= 15 is 0 Å². The predicted octanol–water partition coefficient (Wildman–Crippen LogP) is 6.26. The molecule has 0 saturated heterocycles. The maximum Gasteiger partial charge on any atom is 0.124 e. The molecule has 0 fully saturated rings. The van der Waals surface area contributed by atoms with Crippen LogP contribution in [0.4, 0.5) is 0 Å². The van der Waals surface area contributed by atoms with E-state index in [0.29, 0.717) is 6.04 Å². The number of rotatable bonds is 13. The van der Waals surface area contributed by atoms with Crippen molar-refractivity contribution in [2.75, 3.05) is 6.54 Å². The van der Waals surface area contributed by atoms with E-state index in [-0.39, 0.29) is 0 Å². The molecule has 0 aliphatic rings. The summed E-state index contributed by atoms with van der Waals surface area (Å²) in [6, 6.07) is 10.8. The Morgan fingerprint density at radius 3 is 2.36 bits per heavy atom. The minimum absolute atomic E-state index is 0.343. The second-order valence-corrected chi connectivity index (χ2v) is 6.95. The lowest BCUT2D eigenvalue weighted by Crippen LogP contribution is -2.23. The van der Waals surface area contributed by atoms with Crippen LogP contribution in [0.2, 0.25) is 0 Å². The quantitative estimate of drug-likeness (QED) is 0.422. The normalized spacial score (nSPS) is 12.4. The number of nitrogens with one attached hydrogen (secondary N) is 2. The molecular weight excluding hydrogens is 306 g/mol. The molecule has 0 spiro atoms. The number of aromatic nitrogens is 2. The van der Waals surface area contributed by atoms with E-state index in [1.807, 2.05) is 12.3 Å². The van der Waals surface area contributed by atoms with Gasteiger partial charge in [-0.25, -0.2) is 4.98 Å². The molecule has 0 amide bonds. The number of hydrogen-bond donors (Lipinski definition) is 2. The molecule has 2 rings (SSSR count). The van der Waals surface area contributed by atoms with Crippen LogP contribution in [0, 0.1) is 0 Å². The van der Waals surface area contributed by atoms with Crippen LogP contribution in [-0.4, -0.2) is 16.5 Å². The fourth-order valence-electron chi connectivity index (χ4n) is 3.21. The summed E-state index contributed by atoms with van der Waals surface area (Å²) in [7, 11) is 0. The van der Waals surface area contributed by atoms with E-state index in [1.54, 1.807) is 0 Å². The maximum atomic E-state index is 4.88. The van der Waals surface area contributed by atoms with Gasteiger partial charge in [-0.05, 0) is 19.4 Å². The molecule has 0 aliphatic carbocycles. The van der Waals surface area contributed by atoms with Crippen LogP contribution in [0.5, 0.6) is 0 Å². The summed E-state index contributed by atoms with van der Waals surface area (Å²) in [6.07, 6.45) is 13.6. The first-order valence-corrected chi connectivity index (χ1v) is 10.2. The highest BCUT2D eigenvalue weighted by atomic mass is 15.0. The monoisotopic (exact) mass is 341 g/mol. The van der Waals surface area contributed by atoms with Gasteiger partial charge >= 0.3 is 0 Å². The number of aromatic amines is 1. The number of hydrogen-bond acceptors (Lipinski definition) is 2. The van der Waals surface area contributed by atoms with Gasteiger partial charge in [0.25, 0.3) is 0 Å². The second kappa shape index (κ2) is 11.9. The lowest BCUT2D eigenvalue weighted by molar-refractivity contribution is 0.445. The van der Waals surface area contributed by atoms with Crippen molar-refractivity contribution in [1.82, 2.24) is 15.3 Å². The summed E-state index contributed by atoms with van der Waals surface area (Å²) in [5.74, 6) is 1.09. The molecule has 3 heteroatoms. The highest BCUT2D eigenvalue weighted by Gasteiger charge is 2.15. The van der Waals surface area contributed by atoms with Gasteiger partial charge in [-0.15, -0.1) is 0 Å². The molecule has 1 heterocycles. The summed E-state index contributed by atoms with van der Waals surface area (Å²) in [6.45, 7) is 5.61. The van der Waals surface area contributed by atoms with Gasteiger partial charge in [0.2, 0.25) is 0 Å². The summed E-state index contributed by atoms with van der Waals surface area (Å²) < 4.78 is 0. The second-order valence-electron chi connectivity index (χ2n) is 6.95. The van der Waals surface area contributed by atoms with E-state index in [4.69, 9.17) is 4.98 Å². The Balaban J connectivity index is 1.94. The third kappa shape index (κ3) is 7.03. The fourth-order valence-corrected chi connectivity index (χ4v) is 3.21. The Hall–Kier alpha value is -1.61. The lowest BCUT2D eigenvalue weighted by atomic mass is 10.1. The average molecular weight is 342 g/mol. The Morgan fingerprint density at radius 2 is 1.64 bits per heavy atom. The van der Waals surface area contributed by atoms with Gasteiger partial charge in [0.15, 0.2) is 0 Å². The van der Waals surface area contributed by atoms with Crippen LogP contribution in [0.1, 0.15) is 83.5 Å². The number of benzene rings is 1. The van der Waals surface area contributed by atoms with Gasteiger partial charge in [0, 0.05) is 11.8 Å². The average Bonchev–Trinajstić information content (AvgIpc) is 3.14. The largest absolute Gasteiger partial charge is 0.347 e. The standard InChI is InChI=1S/C22H35N3/c1-3-5-7-12-16-20(23-17-13-8-6-4-2)22-24-18-21(25-22)19-14-10-9-11-15-19/h9-11,14-15,18,20,23H,3-8,12-13,16-17H2,1-2H3,(H,24,25). The molecule has 25 heavy (non-hydrogen) atoms. The van der Waals surface area contributed by atoms with E-state index in [1.165, 1.54) is 56.9 Å². The molecule has 0 bridgehead atoms. The highest BCUT2D eigenvalue weighted by Crippen LogP contribution is 2.22. The molecule has 138 valence electrons. The SMILES string of the molecule is CCCCCCNC(CCCCCC)c1nc(-c2ccccc2)c[nH]1. The Bertz CT molecular complexity index is 562. The van der Waals surface area contributed by atoms with Crippen molar-refractivity contribution < 1.29 is 0 Å². The first-order valence-electron chi connectivity index (χ1n) is 10.2. The van der Waals surface area contributed by atoms with Crippen LogP contribution in [-0.2, 0) is 0 Å². The van der Waals surface area contributed by atoms with Gasteiger partial charge in [-0.1, -0.05) is 89.1 Å². The third-order valence-electron chi connectivity index (χ3n) is 4.76. The van der Waals surface area contributed by atoms with Crippen molar-refractivity contribution in [1.29, 1.82) is 0 Å². The lowest BCUT2D eigenvalue weighted by Gasteiger charge is -2.16. The summed E-state index contributed by atoms with van der Waals surface area (Å²) >= 11 is 0. The number of imidazole rings is 1. The van der Waals surface area contributed by atoms with Crippen LogP contribution >= 0.6 is 0 Å². The zero-order chi connectivity index (χ0) is 17.7. The summed E-state index contributed by atoms with van der Waals surface area (Å²) in [4.78, 5) is 8.30. The smallest absolute Gasteiger partial charge is 0.124 e. The first kappa shape index (κ1) is 19.7. The Labute approximate surface area is 153 Å². The van der Waals surface area contributed by atoms with Gasteiger partial charge in [-0.3, -0.25) is 0 Å². The van der Waals surface area contributed by atoms with E-state index in [9.17, 15) is 0 Å². The molecule has 2 N–H and O–H groups in total. The molecular formula is C22H35N3. The molecule has 0 aliphatic heterocycles. The number of H-pyrrole nitrogens is 1. The van der Waals surface area contributed by atoms with Gasteiger partial charge in [0.05, 0.1) is 11.7 Å². The first-order chi connectivity index (χ1) is 12.3. The van der Waals surface area contributed by atoms with Crippen molar-refractivity contribution in [3.8, 4) is 11.3 Å². The van der Waals surface area contributed by atoms with Crippen LogP contribution in [0.25, 0.3) is 11.3 Å².